The Bertz CT molecular complexity index is 682. The first-order valence-corrected chi connectivity index (χ1v) is 12.5. The summed E-state index contributed by atoms with van der Waals surface area (Å²) >= 11 is 0. The van der Waals surface area contributed by atoms with Crippen molar-refractivity contribution in [2.24, 2.45) is 0 Å². The summed E-state index contributed by atoms with van der Waals surface area (Å²) in [5, 5.41) is -2.01. The maximum atomic E-state index is 11.8. The van der Waals surface area contributed by atoms with E-state index >= 15 is 0 Å². The minimum Gasteiger partial charge on any atom is -0.324 e. The zero-order chi connectivity index (χ0) is 20.3. The molecule has 0 spiro atoms. The molecule has 26 heavy (non-hydrogen) atoms. The van der Waals surface area contributed by atoms with E-state index in [1.54, 1.807) is 0 Å². The molecule has 0 unspecified atom stereocenters. The van der Waals surface area contributed by atoms with Crippen molar-refractivity contribution in [1.29, 1.82) is 0 Å². The van der Waals surface area contributed by atoms with Crippen LogP contribution in [0.1, 0.15) is 62.7 Å². The Morgan fingerprint density at radius 1 is 0.731 bits per heavy atom. The molecule has 0 aromatic carbocycles. The largest absolute Gasteiger partial charge is 0.341 e. The molecule has 0 fully saturated rings. The Balaban J connectivity index is 3.84. The molecule has 1 rings (SSSR count). The van der Waals surface area contributed by atoms with Gasteiger partial charge in [-0.2, -0.15) is 4.57 Å². The molecule has 0 radical (unpaired) electrons. The molecule has 1 aromatic heterocycles. The average molecular weight is 408 g/mol. The SMILES string of the molecule is CCc1c(CC)c(CC)[n+](CC)c(CC)c1CC(P(=O)(O)O)P(=O)(O)O. The molecule has 0 aliphatic rings. The van der Waals surface area contributed by atoms with Crippen molar-refractivity contribution in [2.45, 2.75) is 78.7 Å². The number of aromatic nitrogens is 1. The van der Waals surface area contributed by atoms with Crippen molar-refractivity contribution in [3.05, 3.63) is 28.1 Å². The van der Waals surface area contributed by atoms with E-state index in [4.69, 9.17) is 0 Å². The van der Waals surface area contributed by atoms with Crippen molar-refractivity contribution >= 4 is 15.2 Å². The maximum absolute atomic E-state index is 11.8. The first kappa shape index (κ1) is 23.5. The summed E-state index contributed by atoms with van der Waals surface area (Å²) in [4.78, 5) is 38.3. The average Bonchev–Trinajstić information content (AvgIpc) is 2.54. The zero-order valence-electron chi connectivity index (χ0n) is 16.3. The fourth-order valence-electron chi connectivity index (χ4n) is 3.91. The van der Waals surface area contributed by atoms with Gasteiger partial charge in [0.15, 0.2) is 16.8 Å². The molecule has 0 aliphatic carbocycles. The lowest BCUT2D eigenvalue weighted by molar-refractivity contribution is -0.708. The molecule has 1 heterocycles. The molecule has 9 heteroatoms. The van der Waals surface area contributed by atoms with Crippen LogP contribution >= 0.6 is 15.2 Å². The van der Waals surface area contributed by atoms with E-state index in [9.17, 15) is 28.7 Å². The van der Waals surface area contributed by atoms with E-state index in [2.05, 4.69) is 11.5 Å². The van der Waals surface area contributed by atoms with Gasteiger partial charge in [-0.3, -0.25) is 9.13 Å². The third kappa shape index (κ3) is 4.83. The monoisotopic (exact) mass is 408 g/mol. The van der Waals surface area contributed by atoms with Gasteiger partial charge in [-0.25, -0.2) is 0 Å². The van der Waals surface area contributed by atoms with Crippen molar-refractivity contribution in [3.63, 3.8) is 0 Å². The van der Waals surface area contributed by atoms with E-state index in [1.807, 2.05) is 27.7 Å². The highest BCUT2D eigenvalue weighted by atomic mass is 31.2. The van der Waals surface area contributed by atoms with Gasteiger partial charge in [0.1, 0.15) is 6.54 Å². The number of nitrogens with zero attached hydrogens (tertiary/aromatic N) is 1. The van der Waals surface area contributed by atoms with Crippen LogP contribution in [0, 0.1) is 0 Å². The van der Waals surface area contributed by atoms with Crippen molar-refractivity contribution in [1.82, 2.24) is 0 Å². The summed E-state index contributed by atoms with van der Waals surface area (Å²) < 4.78 is 25.8. The molecular weight excluding hydrogens is 376 g/mol. The molecule has 0 aliphatic heterocycles. The van der Waals surface area contributed by atoms with Crippen molar-refractivity contribution < 1.29 is 33.3 Å². The minimum absolute atomic E-state index is 0.322. The fourth-order valence-corrected chi connectivity index (χ4v) is 6.32. The van der Waals surface area contributed by atoms with Crippen LogP contribution in [0.15, 0.2) is 0 Å². The van der Waals surface area contributed by atoms with Crippen LogP contribution in [0.3, 0.4) is 0 Å². The van der Waals surface area contributed by atoms with Gasteiger partial charge >= 0.3 is 15.2 Å². The maximum Gasteiger partial charge on any atom is 0.341 e. The Hall–Kier alpha value is -0.550. The Labute approximate surface area is 155 Å². The van der Waals surface area contributed by atoms with E-state index in [1.165, 1.54) is 5.69 Å². The van der Waals surface area contributed by atoms with Gasteiger partial charge in [0.2, 0.25) is 0 Å². The zero-order valence-corrected chi connectivity index (χ0v) is 18.1. The molecule has 7 nitrogen and oxygen atoms in total. The van der Waals surface area contributed by atoms with Crippen LogP contribution < -0.4 is 4.57 Å². The highest BCUT2D eigenvalue weighted by Crippen LogP contribution is 2.61. The van der Waals surface area contributed by atoms with Crippen LogP contribution in [-0.2, 0) is 47.8 Å². The molecule has 0 saturated heterocycles. The second kappa shape index (κ2) is 9.09. The summed E-state index contributed by atoms with van der Waals surface area (Å²) in [6.45, 7) is 10.7. The molecule has 150 valence electrons. The Kier molecular flexibility index (Phi) is 8.22. The minimum atomic E-state index is -4.96. The van der Waals surface area contributed by atoms with Gasteiger partial charge in [0.05, 0.1) is 0 Å². The topological polar surface area (TPSA) is 119 Å². The van der Waals surface area contributed by atoms with E-state index in [0.717, 1.165) is 29.7 Å². The summed E-state index contributed by atoms with van der Waals surface area (Å²) in [6.07, 6.45) is 2.55. The predicted octanol–water partition coefficient (Wildman–Crippen LogP) is 2.47. The van der Waals surface area contributed by atoms with Gasteiger partial charge < -0.3 is 19.6 Å². The summed E-state index contributed by atoms with van der Waals surface area (Å²) in [5.41, 5.74) is 4.88. The number of hydrogen-bond acceptors (Lipinski definition) is 2. The number of rotatable bonds is 9. The smallest absolute Gasteiger partial charge is 0.324 e. The second-order valence-electron chi connectivity index (χ2n) is 6.35. The Morgan fingerprint density at radius 2 is 1.15 bits per heavy atom. The molecule has 0 saturated carbocycles. The predicted molar refractivity (Wildman–Crippen MR) is 101 cm³/mol. The van der Waals surface area contributed by atoms with E-state index < -0.39 is 20.6 Å². The molecule has 0 amide bonds. The normalized spacial score (nSPS) is 12.8. The van der Waals surface area contributed by atoms with Crippen LogP contribution in [0.4, 0.5) is 0 Å². The molecule has 0 atom stereocenters. The third-order valence-corrected chi connectivity index (χ3v) is 8.66. The molecule has 1 aromatic rings. The quantitative estimate of drug-likeness (QED) is 0.368. The van der Waals surface area contributed by atoms with Crippen molar-refractivity contribution in [3.8, 4) is 0 Å². The summed E-state index contributed by atoms with van der Waals surface area (Å²) in [6, 6.07) is 0. The molecule has 4 N–H and O–H groups in total. The van der Waals surface area contributed by atoms with Gasteiger partial charge in [-0.15, -0.1) is 0 Å². The van der Waals surface area contributed by atoms with Crippen LogP contribution in [0.2, 0.25) is 0 Å². The highest BCUT2D eigenvalue weighted by Gasteiger charge is 2.45. The van der Waals surface area contributed by atoms with Gasteiger partial charge in [-0.05, 0) is 25.3 Å². The van der Waals surface area contributed by atoms with Crippen LogP contribution in [-0.4, -0.2) is 25.0 Å². The van der Waals surface area contributed by atoms with Gasteiger partial charge in [0, 0.05) is 30.4 Å². The van der Waals surface area contributed by atoms with Crippen LogP contribution in [0.5, 0.6) is 0 Å². The van der Waals surface area contributed by atoms with Crippen molar-refractivity contribution in [2.75, 3.05) is 0 Å². The molecular formula is C17H32NO6P2+. The van der Waals surface area contributed by atoms with Crippen LogP contribution in [0.25, 0.3) is 0 Å². The first-order valence-electron chi connectivity index (χ1n) is 9.16. The summed E-state index contributed by atoms with van der Waals surface area (Å²) in [5.74, 6) is 0. The van der Waals surface area contributed by atoms with Gasteiger partial charge in [0.25, 0.3) is 0 Å². The lowest BCUT2D eigenvalue weighted by atomic mass is 9.90. The Morgan fingerprint density at radius 3 is 1.46 bits per heavy atom. The number of hydrogen-bond donors (Lipinski definition) is 4. The molecule has 0 bridgehead atoms. The third-order valence-electron chi connectivity index (χ3n) is 4.93. The van der Waals surface area contributed by atoms with E-state index in [0.29, 0.717) is 24.9 Å². The lowest BCUT2D eigenvalue weighted by Crippen LogP contribution is -2.45. The lowest BCUT2D eigenvalue weighted by Gasteiger charge is -2.24. The van der Waals surface area contributed by atoms with Gasteiger partial charge in [-0.1, -0.05) is 27.7 Å². The first-order chi connectivity index (χ1) is 12.0. The fraction of sp³-hybridized carbons (Fsp3) is 0.706. The number of pyridine rings is 1. The van der Waals surface area contributed by atoms with E-state index in [-0.39, 0.29) is 6.42 Å². The highest BCUT2D eigenvalue weighted by molar-refractivity contribution is 7.70. The summed E-state index contributed by atoms with van der Waals surface area (Å²) in [7, 11) is -9.92. The standard InChI is InChI=1S/C17H31NO6P2/c1-6-12-13(7-2)15(8-3)18(10-5)16(9-4)14(12)11-17(25(19,20)21)26(22,23)24/h17H,6-11H2,1-5H3,(H3-,19,20,21,22,23,24)/p+1. The second-order valence-corrected chi connectivity index (χ2v) is 10.4.